The van der Waals surface area contributed by atoms with Crippen molar-refractivity contribution in [2.75, 3.05) is 31.2 Å². The molecule has 0 unspecified atom stereocenters. The minimum Gasteiger partial charge on any atom is -0.384 e. The van der Waals surface area contributed by atoms with E-state index in [2.05, 4.69) is 23.0 Å². The Hall–Kier alpha value is -2.45. The van der Waals surface area contributed by atoms with Crippen LogP contribution < -0.4 is 16.4 Å². The molecule has 5 N–H and O–H groups in total. The van der Waals surface area contributed by atoms with Crippen LogP contribution in [-0.2, 0) is 10.2 Å². The van der Waals surface area contributed by atoms with Gasteiger partial charge in [-0.15, -0.1) is 0 Å². The number of ether oxygens (including phenoxy) is 1. The maximum Gasteiger partial charge on any atom is 0.167 e. The predicted octanol–water partition coefficient (Wildman–Crippen LogP) is 2.22. The molecule has 8 heteroatoms. The molecule has 1 aliphatic carbocycles. The first-order valence-corrected chi connectivity index (χ1v) is 10.5. The van der Waals surface area contributed by atoms with Crippen molar-refractivity contribution in [2.24, 2.45) is 11.5 Å². The minimum absolute atomic E-state index is 0.0579. The van der Waals surface area contributed by atoms with Gasteiger partial charge in [0.15, 0.2) is 5.65 Å². The molecule has 29 heavy (non-hydrogen) atoms. The molecule has 0 bridgehead atoms. The number of rotatable bonds is 5. The average Bonchev–Trinajstić information content (AvgIpc) is 3.18. The van der Waals surface area contributed by atoms with Crippen LogP contribution in [0.5, 0.6) is 0 Å². The van der Waals surface area contributed by atoms with Crippen LogP contribution >= 0.6 is 0 Å². The molecule has 2 fully saturated rings. The molecule has 1 saturated heterocycles. The van der Waals surface area contributed by atoms with E-state index >= 15 is 0 Å². The van der Waals surface area contributed by atoms with Crippen LogP contribution in [0.2, 0.25) is 0 Å². The first-order chi connectivity index (χ1) is 14.1. The Balaban J connectivity index is 1.93. The third-order valence-electron chi connectivity index (χ3n) is 6.46. The summed E-state index contributed by atoms with van der Waals surface area (Å²) in [4.78, 5) is 7.27. The number of morpholine rings is 1. The lowest BCUT2D eigenvalue weighted by Crippen LogP contribution is -2.44. The lowest BCUT2D eigenvalue weighted by atomic mass is 9.69. The molecule has 0 spiro atoms. The van der Waals surface area contributed by atoms with E-state index in [1.54, 1.807) is 4.68 Å². The van der Waals surface area contributed by atoms with E-state index in [1.807, 2.05) is 6.20 Å². The van der Waals surface area contributed by atoms with Crippen molar-refractivity contribution in [1.82, 2.24) is 14.8 Å². The van der Waals surface area contributed by atoms with Crippen LogP contribution in [0.15, 0.2) is 18.3 Å². The predicted molar refractivity (Wildman–Crippen MR) is 116 cm³/mol. The summed E-state index contributed by atoms with van der Waals surface area (Å²) >= 11 is 0. The maximum atomic E-state index is 7.35. The minimum atomic E-state index is -0.0579. The Morgan fingerprint density at radius 2 is 2.17 bits per heavy atom. The van der Waals surface area contributed by atoms with E-state index < -0.39 is 0 Å². The highest BCUT2D eigenvalue weighted by molar-refractivity contribution is 5.86. The number of pyridine rings is 1. The molecule has 2 aromatic rings. The molecule has 1 aliphatic heterocycles. The number of nitrogens with one attached hydrogen (secondary N) is 1. The van der Waals surface area contributed by atoms with Gasteiger partial charge in [-0.25, -0.2) is 4.98 Å². The summed E-state index contributed by atoms with van der Waals surface area (Å²) in [6.07, 6.45) is 10.3. The molecular formula is C21H31N7O. The van der Waals surface area contributed by atoms with Gasteiger partial charge < -0.3 is 26.5 Å². The molecule has 4 rings (SSSR count). The van der Waals surface area contributed by atoms with Crippen molar-refractivity contribution < 1.29 is 4.74 Å². The first kappa shape index (κ1) is 19.8. The van der Waals surface area contributed by atoms with Crippen molar-refractivity contribution in [1.29, 1.82) is 5.41 Å². The second-order valence-corrected chi connectivity index (χ2v) is 8.24. The summed E-state index contributed by atoms with van der Waals surface area (Å²) in [5.41, 5.74) is 14.5. The number of allylic oxidation sites excluding steroid dienone is 1. The second-order valence-electron chi connectivity index (χ2n) is 8.24. The summed E-state index contributed by atoms with van der Waals surface area (Å²) < 4.78 is 7.26. The highest BCUT2D eigenvalue weighted by Gasteiger charge is 2.36. The summed E-state index contributed by atoms with van der Waals surface area (Å²) in [5.74, 6) is 1.30. The molecule has 156 valence electrons. The first-order valence-electron chi connectivity index (χ1n) is 10.5. The SMILES string of the molecule is C[C@@H]1COCCN1c1cc(C2(CN)CCCCC2)c2cnn(C(N)=CC=N)c2n1. The average molecular weight is 398 g/mol. The monoisotopic (exact) mass is 397 g/mol. The summed E-state index contributed by atoms with van der Waals surface area (Å²) in [6, 6.07) is 2.47. The summed E-state index contributed by atoms with van der Waals surface area (Å²) in [7, 11) is 0. The Bertz CT molecular complexity index is 913. The molecule has 1 saturated carbocycles. The van der Waals surface area contributed by atoms with E-state index in [9.17, 15) is 0 Å². The fraction of sp³-hybridized carbons (Fsp3) is 0.571. The number of anilines is 1. The fourth-order valence-electron chi connectivity index (χ4n) is 4.80. The van der Waals surface area contributed by atoms with E-state index in [-0.39, 0.29) is 11.5 Å². The van der Waals surface area contributed by atoms with Gasteiger partial charge in [0.2, 0.25) is 0 Å². The molecule has 3 heterocycles. The van der Waals surface area contributed by atoms with Crippen LogP contribution in [-0.4, -0.2) is 53.3 Å². The van der Waals surface area contributed by atoms with Crippen molar-refractivity contribution in [2.45, 2.75) is 50.5 Å². The molecule has 1 atom stereocenters. The molecule has 2 aliphatic rings. The Morgan fingerprint density at radius 3 is 2.86 bits per heavy atom. The Labute approximate surface area is 171 Å². The quantitative estimate of drug-likeness (QED) is 0.666. The van der Waals surface area contributed by atoms with Crippen LogP contribution in [0.4, 0.5) is 5.82 Å². The largest absolute Gasteiger partial charge is 0.384 e. The van der Waals surface area contributed by atoms with Gasteiger partial charge in [-0.1, -0.05) is 19.3 Å². The van der Waals surface area contributed by atoms with Crippen LogP contribution in [0.25, 0.3) is 16.9 Å². The summed E-state index contributed by atoms with van der Waals surface area (Å²) in [5, 5.41) is 12.9. The number of hydrogen-bond donors (Lipinski definition) is 3. The van der Waals surface area contributed by atoms with Crippen molar-refractivity contribution >= 4 is 28.9 Å². The molecule has 8 nitrogen and oxygen atoms in total. The summed E-state index contributed by atoms with van der Waals surface area (Å²) in [6.45, 7) is 4.95. The van der Waals surface area contributed by atoms with Crippen LogP contribution in [0.1, 0.15) is 44.6 Å². The maximum absolute atomic E-state index is 7.35. The normalized spacial score (nSPS) is 22.8. The van der Waals surface area contributed by atoms with E-state index in [0.717, 1.165) is 36.2 Å². The van der Waals surface area contributed by atoms with Crippen LogP contribution in [0.3, 0.4) is 0 Å². The molecular weight excluding hydrogens is 366 g/mol. The Morgan fingerprint density at radius 1 is 1.38 bits per heavy atom. The number of aromatic nitrogens is 3. The molecule has 0 aromatic carbocycles. The van der Waals surface area contributed by atoms with Gasteiger partial charge in [0.05, 0.1) is 25.5 Å². The zero-order valence-corrected chi connectivity index (χ0v) is 17.1. The van der Waals surface area contributed by atoms with E-state index in [0.29, 0.717) is 25.6 Å². The van der Waals surface area contributed by atoms with Crippen molar-refractivity contribution in [3.05, 3.63) is 23.9 Å². The smallest absolute Gasteiger partial charge is 0.167 e. The van der Waals surface area contributed by atoms with Gasteiger partial charge in [0.25, 0.3) is 0 Å². The zero-order valence-electron chi connectivity index (χ0n) is 17.1. The van der Waals surface area contributed by atoms with Gasteiger partial charge in [0, 0.05) is 30.1 Å². The van der Waals surface area contributed by atoms with Gasteiger partial charge in [-0.2, -0.15) is 9.78 Å². The van der Waals surface area contributed by atoms with E-state index in [4.69, 9.17) is 26.6 Å². The molecule has 2 aromatic heterocycles. The number of nitrogens with two attached hydrogens (primary N) is 2. The van der Waals surface area contributed by atoms with Crippen molar-refractivity contribution in [3.63, 3.8) is 0 Å². The highest BCUT2D eigenvalue weighted by Crippen LogP contribution is 2.43. The molecule has 0 amide bonds. The third-order valence-corrected chi connectivity index (χ3v) is 6.46. The number of nitrogens with zero attached hydrogens (tertiary/aromatic N) is 4. The zero-order chi connectivity index (χ0) is 20.4. The third kappa shape index (κ3) is 3.51. The van der Waals surface area contributed by atoms with Gasteiger partial charge in [-0.05, 0) is 37.5 Å². The number of hydrogen-bond acceptors (Lipinski definition) is 7. The lowest BCUT2D eigenvalue weighted by molar-refractivity contribution is 0.0985. The standard InChI is InChI=1S/C21H31N7O/c1-15-13-29-10-9-27(15)19-11-17(21(14-23)6-3-2-4-7-21)16-12-25-28(20(16)26-19)18(24)5-8-22/h5,8,11-12,15,22H,2-4,6-7,9-10,13-14,23-24H2,1H3/t15-/m1/s1. The molecule has 0 radical (unpaired) electrons. The van der Waals surface area contributed by atoms with Gasteiger partial charge >= 0.3 is 0 Å². The second kappa shape index (κ2) is 8.12. The Kier molecular flexibility index (Phi) is 5.56. The highest BCUT2D eigenvalue weighted by atomic mass is 16.5. The lowest BCUT2D eigenvalue weighted by Gasteiger charge is -2.39. The fourth-order valence-corrected chi connectivity index (χ4v) is 4.80. The van der Waals surface area contributed by atoms with E-state index in [1.165, 1.54) is 37.1 Å². The van der Waals surface area contributed by atoms with Crippen LogP contribution in [0, 0.1) is 5.41 Å². The topological polar surface area (TPSA) is 119 Å². The van der Waals surface area contributed by atoms with Gasteiger partial charge in [0.1, 0.15) is 11.6 Å². The van der Waals surface area contributed by atoms with Crippen molar-refractivity contribution in [3.8, 4) is 0 Å². The number of fused-ring (bicyclic) bond motifs is 1. The van der Waals surface area contributed by atoms with Gasteiger partial charge in [-0.3, -0.25) is 0 Å².